The number of carbonyl (C=O) groups is 1. The fraction of sp³-hybridized carbons (Fsp3) is 0.909. The molecule has 2 unspecified atom stereocenters. The number of carbonyl (C=O) groups excluding carboxylic acids is 1. The van der Waals surface area contributed by atoms with Crippen LogP contribution in [0.15, 0.2) is 0 Å². The van der Waals surface area contributed by atoms with Gasteiger partial charge in [-0.3, -0.25) is 4.90 Å². The monoisotopic (exact) mass is 199 g/mol. The lowest BCUT2D eigenvalue weighted by molar-refractivity contribution is -0.129. The Bertz CT molecular complexity index is 203. The number of rotatable bonds is 3. The Balaban J connectivity index is 2.75. The summed E-state index contributed by atoms with van der Waals surface area (Å²) in [7, 11) is 0. The third-order valence-corrected chi connectivity index (χ3v) is 2.97. The van der Waals surface area contributed by atoms with Gasteiger partial charge in [0.1, 0.15) is 6.29 Å². The van der Waals surface area contributed by atoms with E-state index in [9.17, 15) is 4.79 Å². The molecule has 0 aromatic heterocycles. The van der Waals surface area contributed by atoms with Gasteiger partial charge < -0.3 is 9.53 Å². The lowest BCUT2D eigenvalue weighted by Crippen LogP contribution is -2.58. The molecule has 0 aromatic rings. The van der Waals surface area contributed by atoms with Crippen molar-refractivity contribution in [2.45, 2.75) is 51.8 Å². The van der Waals surface area contributed by atoms with Crippen molar-refractivity contribution in [2.24, 2.45) is 0 Å². The number of nitrogens with zero attached hydrogens (tertiary/aromatic N) is 1. The van der Waals surface area contributed by atoms with E-state index in [2.05, 4.69) is 18.7 Å². The molecule has 1 fully saturated rings. The SMILES string of the molecule is CCC1COC(C)CN1C(C)(C)C=O. The molecule has 1 aliphatic heterocycles. The van der Waals surface area contributed by atoms with Crippen molar-refractivity contribution < 1.29 is 9.53 Å². The lowest BCUT2D eigenvalue weighted by Gasteiger charge is -2.45. The van der Waals surface area contributed by atoms with Gasteiger partial charge in [0.2, 0.25) is 0 Å². The van der Waals surface area contributed by atoms with E-state index in [4.69, 9.17) is 4.74 Å². The first-order chi connectivity index (χ1) is 6.51. The van der Waals surface area contributed by atoms with E-state index < -0.39 is 0 Å². The van der Waals surface area contributed by atoms with Crippen LogP contribution in [0, 0.1) is 0 Å². The van der Waals surface area contributed by atoms with Crippen molar-refractivity contribution in [1.82, 2.24) is 4.90 Å². The van der Waals surface area contributed by atoms with Crippen molar-refractivity contribution in [3.63, 3.8) is 0 Å². The maximum Gasteiger partial charge on any atom is 0.139 e. The Morgan fingerprint density at radius 2 is 2.21 bits per heavy atom. The zero-order chi connectivity index (χ0) is 10.8. The predicted octanol–water partition coefficient (Wildman–Crippen LogP) is 1.46. The molecule has 0 N–H and O–H groups in total. The van der Waals surface area contributed by atoms with Crippen LogP contribution in [0.1, 0.15) is 34.1 Å². The standard InChI is InChI=1S/C11H21NO2/c1-5-10-7-14-9(2)6-12(10)11(3,4)8-13/h8-10H,5-7H2,1-4H3. The summed E-state index contributed by atoms with van der Waals surface area (Å²) in [6, 6.07) is 0.381. The average Bonchev–Trinajstić information content (AvgIpc) is 2.18. The van der Waals surface area contributed by atoms with Gasteiger partial charge in [0, 0.05) is 12.6 Å². The molecule has 82 valence electrons. The van der Waals surface area contributed by atoms with E-state index >= 15 is 0 Å². The van der Waals surface area contributed by atoms with Crippen LogP contribution in [0.3, 0.4) is 0 Å². The van der Waals surface area contributed by atoms with Gasteiger partial charge in [0.25, 0.3) is 0 Å². The summed E-state index contributed by atoms with van der Waals surface area (Å²) in [6.45, 7) is 9.73. The van der Waals surface area contributed by atoms with Gasteiger partial charge in [-0.1, -0.05) is 6.92 Å². The van der Waals surface area contributed by atoms with Crippen LogP contribution in [0.4, 0.5) is 0 Å². The zero-order valence-electron chi connectivity index (χ0n) is 9.62. The van der Waals surface area contributed by atoms with Gasteiger partial charge in [-0.15, -0.1) is 0 Å². The molecule has 1 aliphatic rings. The summed E-state index contributed by atoms with van der Waals surface area (Å²) in [6.07, 6.45) is 2.30. The summed E-state index contributed by atoms with van der Waals surface area (Å²) in [5.41, 5.74) is -0.362. The topological polar surface area (TPSA) is 29.5 Å². The summed E-state index contributed by atoms with van der Waals surface area (Å²) in [4.78, 5) is 13.3. The van der Waals surface area contributed by atoms with E-state index in [1.807, 2.05) is 13.8 Å². The Labute approximate surface area is 86.4 Å². The molecule has 2 atom stereocenters. The molecule has 3 heteroatoms. The maximum atomic E-state index is 11.0. The van der Waals surface area contributed by atoms with Crippen LogP contribution < -0.4 is 0 Å². The quantitative estimate of drug-likeness (QED) is 0.645. The molecule has 0 radical (unpaired) electrons. The summed E-state index contributed by atoms with van der Waals surface area (Å²) < 4.78 is 5.59. The molecular formula is C11H21NO2. The molecule has 0 saturated carbocycles. The van der Waals surface area contributed by atoms with Crippen molar-refractivity contribution >= 4 is 6.29 Å². The van der Waals surface area contributed by atoms with Gasteiger partial charge in [0.15, 0.2) is 0 Å². The van der Waals surface area contributed by atoms with E-state index in [-0.39, 0.29) is 11.6 Å². The van der Waals surface area contributed by atoms with Gasteiger partial charge in [-0.25, -0.2) is 0 Å². The number of hydrogen-bond donors (Lipinski definition) is 0. The molecule has 1 saturated heterocycles. The normalized spacial score (nSPS) is 30.3. The fourth-order valence-electron chi connectivity index (χ4n) is 1.96. The van der Waals surface area contributed by atoms with Gasteiger partial charge >= 0.3 is 0 Å². The number of morpholine rings is 1. The van der Waals surface area contributed by atoms with Crippen LogP contribution in [-0.2, 0) is 9.53 Å². The average molecular weight is 199 g/mol. The number of hydrogen-bond acceptors (Lipinski definition) is 3. The first-order valence-corrected chi connectivity index (χ1v) is 5.36. The predicted molar refractivity (Wildman–Crippen MR) is 56.3 cm³/mol. The second-order valence-electron chi connectivity index (χ2n) is 4.63. The highest BCUT2D eigenvalue weighted by atomic mass is 16.5. The largest absolute Gasteiger partial charge is 0.376 e. The lowest BCUT2D eigenvalue weighted by atomic mass is 9.99. The number of ether oxygens (including phenoxy) is 1. The molecule has 0 bridgehead atoms. The van der Waals surface area contributed by atoms with Crippen molar-refractivity contribution in [3.05, 3.63) is 0 Å². The summed E-state index contributed by atoms with van der Waals surface area (Å²) in [5.74, 6) is 0. The van der Waals surface area contributed by atoms with Crippen LogP contribution in [0.5, 0.6) is 0 Å². The summed E-state index contributed by atoms with van der Waals surface area (Å²) >= 11 is 0. The molecule has 14 heavy (non-hydrogen) atoms. The summed E-state index contributed by atoms with van der Waals surface area (Å²) in [5, 5.41) is 0. The van der Waals surface area contributed by atoms with E-state index in [1.165, 1.54) is 0 Å². The first kappa shape index (κ1) is 11.7. The fourth-order valence-corrected chi connectivity index (χ4v) is 1.96. The minimum Gasteiger partial charge on any atom is -0.376 e. The molecular weight excluding hydrogens is 178 g/mol. The first-order valence-electron chi connectivity index (χ1n) is 5.36. The van der Waals surface area contributed by atoms with Crippen LogP contribution in [0.2, 0.25) is 0 Å². The highest BCUT2D eigenvalue weighted by Gasteiger charge is 2.35. The van der Waals surface area contributed by atoms with Gasteiger partial charge in [-0.2, -0.15) is 0 Å². The van der Waals surface area contributed by atoms with Gasteiger partial charge in [0.05, 0.1) is 18.2 Å². The van der Waals surface area contributed by atoms with Crippen molar-refractivity contribution in [3.8, 4) is 0 Å². The Morgan fingerprint density at radius 3 is 2.71 bits per heavy atom. The zero-order valence-corrected chi connectivity index (χ0v) is 9.62. The highest BCUT2D eigenvalue weighted by Crippen LogP contribution is 2.22. The second-order valence-corrected chi connectivity index (χ2v) is 4.63. The van der Waals surface area contributed by atoms with Crippen molar-refractivity contribution in [1.29, 1.82) is 0 Å². The second kappa shape index (κ2) is 4.41. The van der Waals surface area contributed by atoms with E-state index in [1.54, 1.807) is 0 Å². The third kappa shape index (κ3) is 2.34. The molecule has 0 aliphatic carbocycles. The van der Waals surface area contributed by atoms with Crippen LogP contribution in [0.25, 0.3) is 0 Å². The minimum atomic E-state index is -0.362. The minimum absolute atomic E-state index is 0.233. The van der Waals surface area contributed by atoms with Crippen LogP contribution in [-0.4, -0.2) is 42.0 Å². The van der Waals surface area contributed by atoms with Gasteiger partial charge in [-0.05, 0) is 27.2 Å². The molecule has 3 nitrogen and oxygen atoms in total. The maximum absolute atomic E-state index is 11.0. The Kier molecular flexibility index (Phi) is 3.67. The number of aldehydes is 1. The Morgan fingerprint density at radius 1 is 1.57 bits per heavy atom. The molecule has 0 spiro atoms. The highest BCUT2D eigenvalue weighted by molar-refractivity contribution is 5.62. The Hall–Kier alpha value is -0.410. The van der Waals surface area contributed by atoms with E-state index in [0.29, 0.717) is 6.04 Å². The molecule has 1 heterocycles. The third-order valence-electron chi connectivity index (χ3n) is 2.97. The molecule has 0 aromatic carbocycles. The van der Waals surface area contributed by atoms with Crippen molar-refractivity contribution in [2.75, 3.05) is 13.2 Å². The van der Waals surface area contributed by atoms with E-state index in [0.717, 1.165) is 25.9 Å². The van der Waals surface area contributed by atoms with Crippen LogP contribution >= 0.6 is 0 Å². The molecule has 0 amide bonds. The smallest absolute Gasteiger partial charge is 0.139 e. The molecule has 1 rings (SSSR count).